The number of methoxy groups -OCH3 is 1. The fraction of sp³-hybridized carbons (Fsp3) is 0.600. The van der Waals surface area contributed by atoms with Crippen molar-refractivity contribution < 1.29 is 17.9 Å². The van der Waals surface area contributed by atoms with Crippen molar-refractivity contribution in [3.05, 3.63) is 29.3 Å². The monoisotopic (exact) mass is 321 g/mol. The van der Waals surface area contributed by atoms with Gasteiger partial charge >= 0.3 is 6.18 Å². The third-order valence-electron chi connectivity index (χ3n) is 2.81. The van der Waals surface area contributed by atoms with Gasteiger partial charge in [-0.1, -0.05) is 19.9 Å². The van der Waals surface area contributed by atoms with Crippen molar-refractivity contribution >= 4 is 11.8 Å². The topological polar surface area (TPSA) is 21.3 Å². The molecule has 0 bridgehead atoms. The molecule has 0 amide bonds. The van der Waals surface area contributed by atoms with E-state index in [4.69, 9.17) is 4.74 Å². The van der Waals surface area contributed by atoms with Gasteiger partial charge in [-0.25, -0.2) is 0 Å². The predicted octanol–water partition coefficient (Wildman–Crippen LogP) is 4.19. The van der Waals surface area contributed by atoms with Crippen LogP contribution in [0.5, 0.6) is 0 Å². The lowest BCUT2D eigenvalue weighted by molar-refractivity contribution is -0.138. The van der Waals surface area contributed by atoms with Crippen LogP contribution in [0.4, 0.5) is 13.2 Å². The minimum absolute atomic E-state index is 0.232. The van der Waals surface area contributed by atoms with Gasteiger partial charge in [-0.2, -0.15) is 13.2 Å². The van der Waals surface area contributed by atoms with E-state index >= 15 is 0 Å². The number of alkyl halides is 3. The van der Waals surface area contributed by atoms with Crippen LogP contribution in [0.1, 0.15) is 25.0 Å². The maximum absolute atomic E-state index is 13.1. The first-order valence-electron chi connectivity index (χ1n) is 6.87. The van der Waals surface area contributed by atoms with Crippen molar-refractivity contribution in [2.24, 2.45) is 5.92 Å². The maximum Gasteiger partial charge on any atom is 0.416 e. The van der Waals surface area contributed by atoms with E-state index in [0.717, 1.165) is 0 Å². The van der Waals surface area contributed by atoms with Crippen LogP contribution in [-0.4, -0.2) is 26.0 Å². The molecule has 0 aromatic heterocycles. The Bertz CT molecular complexity index is 435. The molecule has 0 atom stereocenters. The predicted molar refractivity (Wildman–Crippen MR) is 80.6 cm³/mol. The fourth-order valence-corrected chi connectivity index (χ4v) is 2.65. The van der Waals surface area contributed by atoms with E-state index in [1.807, 2.05) is 13.8 Å². The molecule has 0 aliphatic rings. The van der Waals surface area contributed by atoms with Gasteiger partial charge in [0.2, 0.25) is 0 Å². The van der Waals surface area contributed by atoms with Crippen molar-refractivity contribution in [3.8, 4) is 0 Å². The maximum atomic E-state index is 13.1. The Hall–Kier alpha value is -0.720. The lowest BCUT2D eigenvalue weighted by atomic mass is 10.1. The molecule has 1 N–H and O–H groups in total. The van der Waals surface area contributed by atoms with Gasteiger partial charge < -0.3 is 10.1 Å². The molecule has 21 heavy (non-hydrogen) atoms. The Morgan fingerprint density at radius 2 is 2.00 bits per heavy atom. The molecule has 1 aromatic carbocycles. The molecule has 0 spiro atoms. The molecule has 1 rings (SSSR count). The molecule has 0 fully saturated rings. The highest BCUT2D eigenvalue weighted by Gasteiger charge is 2.33. The normalized spacial score (nSPS) is 12.1. The van der Waals surface area contributed by atoms with Gasteiger partial charge in [0.15, 0.2) is 0 Å². The second-order valence-corrected chi connectivity index (χ2v) is 6.35. The summed E-state index contributed by atoms with van der Waals surface area (Å²) >= 11 is 1.37. The summed E-state index contributed by atoms with van der Waals surface area (Å²) in [6.07, 6.45) is -4.33. The van der Waals surface area contributed by atoms with Crippen LogP contribution in [0.2, 0.25) is 0 Å². The summed E-state index contributed by atoms with van der Waals surface area (Å²) in [4.78, 5) is 0.618. The summed E-state index contributed by atoms with van der Waals surface area (Å²) < 4.78 is 44.3. The number of rotatable bonds is 8. The van der Waals surface area contributed by atoms with Crippen LogP contribution in [0.25, 0.3) is 0 Å². The summed E-state index contributed by atoms with van der Waals surface area (Å²) in [5, 5.41) is 3.06. The SMILES string of the molecule is COCCSc1ccc(CNCC(C)C)c(C(F)(F)F)c1. The summed E-state index contributed by atoms with van der Waals surface area (Å²) in [7, 11) is 1.57. The number of hydrogen-bond donors (Lipinski definition) is 1. The van der Waals surface area contributed by atoms with Crippen LogP contribution in [-0.2, 0) is 17.5 Å². The Balaban J connectivity index is 2.82. The molecule has 0 heterocycles. The first-order valence-corrected chi connectivity index (χ1v) is 7.85. The minimum Gasteiger partial charge on any atom is -0.384 e. The third kappa shape index (κ3) is 6.72. The van der Waals surface area contributed by atoms with Gasteiger partial charge in [-0.05, 0) is 30.2 Å². The van der Waals surface area contributed by atoms with Crippen molar-refractivity contribution in [1.29, 1.82) is 0 Å². The molecule has 0 unspecified atom stereocenters. The highest BCUT2D eigenvalue weighted by Crippen LogP contribution is 2.34. The standard InChI is InChI=1S/C15H22F3NOS/c1-11(2)9-19-10-12-4-5-13(21-7-6-20-3)8-14(12)15(16,17)18/h4-5,8,11,19H,6-7,9-10H2,1-3H3. The smallest absolute Gasteiger partial charge is 0.384 e. The van der Waals surface area contributed by atoms with E-state index < -0.39 is 11.7 Å². The van der Waals surface area contributed by atoms with Crippen LogP contribution in [0.15, 0.2) is 23.1 Å². The van der Waals surface area contributed by atoms with Crippen LogP contribution >= 0.6 is 11.8 Å². The zero-order chi connectivity index (χ0) is 15.9. The quantitative estimate of drug-likeness (QED) is 0.573. The summed E-state index contributed by atoms with van der Waals surface area (Å²) in [5.74, 6) is 1.04. The van der Waals surface area contributed by atoms with Crippen molar-refractivity contribution in [2.45, 2.75) is 31.5 Å². The number of nitrogens with one attached hydrogen (secondary N) is 1. The summed E-state index contributed by atoms with van der Waals surface area (Å²) in [5.41, 5.74) is -0.264. The van der Waals surface area contributed by atoms with E-state index in [1.54, 1.807) is 19.2 Å². The van der Waals surface area contributed by atoms with Gasteiger partial charge in [0.25, 0.3) is 0 Å². The molecule has 0 saturated carbocycles. The number of halogens is 3. The van der Waals surface area contributed by atoms with E-state index in [9.17, 15) is 13.2 Å². The minimum atomic E-state index is -4.33. The Morgan fingerprint density at radius 3 is 2.57 bits per heavy atom. The molecule has 2 nitrogen and oxygen atoms in total. The second kappa shape index (κ2) is 8.66. The van der Waals surface area contributed by atoms with Gasteiger partial charge in [-0.15, -0.1) is 11.8 Å². The first kappa shape index (κ1) is 18.3. The molecule has 0 radical (unpaired) electrons. The Labute approximate surface area is 128 Å². The zero-order valence-corrected chi connectivity index (χ0v) is 13.4. The molecular formula is C15H22F3NOS. The lowest BCUT2D eigenvalue weighted by Gasteiger charge is -2.15. The average Bonchev–Trinajstić information content (AvgIpc) is 2.38. The highest BCUT2D eigenvalue weighted by atomic mass is 32.2. The molecule has 120 valence electrons. The van der Waals surface area contributed by atoms with E-state index in [1.165, 1.54) is 17.8 Å². The summed E-state index contributed by atoms with van der Waals surface area (Å²) in [6.45, 7) is 5.49. The highest BCUT2D eigenvalue weighted by molar-refractivity contribution is 7.99. The van der Waals surface area contributed by atoms with E-state index in [2.05, 4.69) is 5.32 Å². The number of thioether (sulfide) groups is 1. The second-order valence-electron chi connectivity index (χ2n) is 5.18. The van der Waals surface area contributed by atoms with Crippen LogP contribution < -0.4 is 5.32 Å². The number of ether oxygens (including phenoxy) is 1. The Morgan fingerprint density at radius 1 is 1.29 bits per heavy atom. The van der Waals surface area contributed by atoms with Gasteiger partial charge in [0.1, 0.15) is 0 Å². The summed E-state index contributed by atoms with van der Waals surface area (Å²) in [6, 6.07) is 4.53. The van der Waals surface area contributed by atoms with Gasteiger partial charge in [0.05, 0.1) is 12.2 Å². The van der Waals surface area contributed by atoms with E-state index in [-0.39, 0.29) is 6.54 Å². The zero-order valence-electron chi connectivity index (χ0n) is 12.6. The fourth-order valence-electron chi connectivity index (χ4n) is 1.80. The van der Waals surface area contributed by atoms with Gasteiger partial charge in [0, 0.05) is 24.3 Å². The number of benzene rings is 1. The molecule has 0 aliphatic heterocycles. The average molecular weight is 321 g/mol. The molecular weight excluding hydrogens is 299 g/mol. The lowest BCUT2D eigenvalue weighted by Crippen LogP contribution is -2.21. The van der Waals surface area contributed by atoms with Crippen molar-refractivity contribution in [3.63, 3.8) is 0 Å². The third-order valence-corrected chi connectivity index (χ3v) is 3.77. The van der Waals surface area contributed by atoms with E-state index in [0.29, 0.717) is 35.3 Å². The molecule has 6 heteroatoms. The molecule has 1 aromatic rings. The Kier molecular flexibility index (Phi) is 7.56. The molecule has 0 saturated heterocycles. The van der Waals surface area contributed by atoms with Crippen molar-refractivity contribution in [1.82, 2.24) is 5.32 Å². The first-order chi connectivity index (χ1) is 9.84. The number of hydrogen-bond acceptors (Lipinski definition) is 3. The van der Waals surface area contributed by atoms with Gasteiger partial charge in [-0.3, -0.25) is 0 Å². The van der Waals surface area contributed by atoms with Crippen LogP contribution in [0, 0.1) is 5.92 Å². The molecule has 0 aliphatic carbocycles. The van der Waals surface area contributed by atoms with Crippen LogP contribution in [0.3, 0.4) is 0 Å². The van der Waals surface area contributed by atoms with Crippen molar-refractivity contribution in [2.75, 3.05) is 26.0 Å². The largest absolute Gasteiger partial charge is 0.416 e.